The maximum atomic E-state index is 13.3. The van der Waals surface area contributed by atoms with E-state index in [9.17, 15) is 13.2 Å². The number of aryl methyl sites for hydroxylation is 1. The number of sulfonamides is 1. The Morgan fingerprint density at radius 3 is 2.41 bits per heavy atom. The molecular weight excluding hydrogens is 448 g/mol. The van der Waals surface area contributed by atoms with E-state index in [2.05, 4.69) is 0 Å². The van der Waals surface area contributed by atoms with E-state index in [1.54, 1.807) is 56.4 Å². The lowest BCUT2D eigenvalue weighted by Crippen LogP contribution is -2.29. The molecule has 0 aliphatic heterocycles. The van der Waals surface area contributed by atoms with Crippen LogP contribution in [0.5, 0.6) is 5.75 Å². The van der Waals surface area contributed by atoms with E-state index in [1.807, 2.05) is 12.1 Å². The molecule has 168 valence electrons. The Kier molecular flexibility index (Phi) is 7.11. The monoisotopic (exact) mass is 472 g/mol. The highest BCUT2D eigenvalue weighted by Crippen LogP contribution is 2.31. The highest BCUT2D eigenvalue weighted by Gasteiger charge is 2.26. The summed E-state index contributed by atoms with van der Waals surface area (Å²) in [5.41, 5.74) is 2.29. The van der Waals surface area contributed by atoms with Gasteiger partial charge in [-0.25, -0.2) is 8.42 Å². The first kappa shape index (κ1) is 23.6. The Morgan fingerprint density at radius 1 is 1.00 bits per heavy atom. The van der Waals surface area contributed by atoms with Gasteiger partial charge in [-0.2, -0.15) is 0 Å². The number of halogens is 1. The van der Waals surface area contributed by atoms with E-state index >= 15 is 0 Å². The van der Waals surface area contributed by atoms with Crippen LogP contribution in [0.25, 0.3) is 0 Å². The third-order valence-corrected chi connectivity index (χ3v) is 7.18. The number of ether oxygens (including phenoxy) is 1. The fraction of sp³-hybridized carbons (Fsp3) is 0.208. The molecule has 0 radical (unpaired) electrons. The van der Waals surface area contributed by atoms with Gasteiger partial charge in [0, 0.05) is 31.2 Å². The Bertz CT molecular complexity index is 1240. The lowest BCUT2D eigenvalue weighted by atomic mass is 10.1. The average molecular weight is 473 g/mol. The Balaban J connectivity index is 1.92. The van der Waals surface area contributed by atoms with Crippen LogP contribution in [-0.4, -0.2) is 40.4 Å². The van der Waals surface area contributed by atoms with E-state index in [0.717, 1.165) is 9.87 Å². The number of benzene rings is 3. The van der Waals surface area contributed by atoms with Crippen molar-refractivity contribution in [2.75, 3.05) is 25.5 Å². The molecule has 8 heteroatoms. The number of hydrogen-bond donors (Lipinski definition) is 0. The van der Waals surface area contributed by atoms with Gasteiger partial charge in [-0.1, -0.05) is 41.9 Å². The summed E-state index contributed by atoms with van der Waals surface area (Å²) in [6.07, 6.45) is 0. The number of amides is 1. The zero-order valence-corrected chi connectivity index (χ0v) is 19.9. The fourth-order valence-electron chi connectivity index (χ4n) is 3.36. The zero-order chi connectivity index (χ0) is 23.5. The zero-order valence-electron chi connectivity index (χ0n) is 18.4. The molecule has 0 bridgehead atoms. The molecule has 0 atom stereocenters. The van der Waals surface area contributed by atoms with E-state index in [1.165, 1.54) is 31.2 Å². The maximum absolute atomic E-state index is 13.3. The highest BCUT2D eigenvalue weighted by atomic mass is 35.5. The molecule has 0 aliphatic carbocycles. The molecule has 0 aromatic heterocycles. The smallest absolute Gasteiger partial charge is 0.264 e. The van der Waals surface area contributed by atoms with Crippen LogP contribution in [0, 0.1) is 6.92 Å². The Morgan fingerprint density at radius 2 is 1.72 bits per heavy atom. The van der Waals surface area contributed by atoms with Crippen LogP contribution in [0.4, 0.5) is 5.69 Å². The van der Waals surface area contributed by atoms with Gasteiger partial charge in [0.25, 0.3) is 15.9 Å². The van der Waals surface area contributed by atoms with Crippen molar-refractivity contribution in [3.05, 3.63) is 88.4 Å². The summed E-state index contributed by atoms with van der Waals surface area (Å²) in [7, 11) is 0.691. The van der Waals surface area contributed by atoms with Crippen molar-refractivity contribution in [3.8, 4) is 5.75 Å². The number of nitrogens with zero attached hydrogens (tertiary/aromatic N) is 2. The van der Waals surface area contributed by atoms with Crippen molar-refractivity contribution in [1.29, 1.82) is 0 Å². The highest BCUT2D eigenvalue weighted by molar-refractivity contribution is 7.92. The first-order valence-electron chi connectivity index (χ1n) is 9.87. The number of rotatable bonds is 7. The Hall–Kier alpha value is -3.03. The number of carbonyl (C=O) groups is 1. The molecule has 0 N–H and O–H groups in total. The van der Waals surface area contributed by atoms with Crippen LogP contribution in [0.2, 0.25) is 5.02 Å². The van der Waals surface area contributed by atoms with Crippen LogP contribution in [0.3, 0.4) is 0 Å². The van der Waals surface area contributed by atoms with Gasteiger partial charge < -0.3 is 9.64 Å². The fourth-order valence-corrected chi connectivity index (χ4v) is 4.80. The molecular formula is C24H25ClN2O4S. The van der Waals surface area contributed by atoms with Gasteiger partial charge in [-0.05, 0) is 54.4 Å². The quantitative estimate of drug-likeness (QED) is 0.497. The van der Waals surface area contributed by atoms with Crippen LogP contribution in [0.15, 0.2) is 71.6 Å². The van der Waals surface area contributed by atoms with E-state index in [-0.39, 0.29) is 10.8 Å². The standard InChI is InChI=1S/C24H25ClN2O4S/c1-17-12-13-20(32(29,30)27(3)22-10-5-6-11-23(22)31-4)15-21(17)24(28)26(2)16-18-8-7-9-19(25)14-18/h5-15H,16H2,1-4H3. The Labute approximate surface area is 194 Å². The molecule has 0 saturated heterocycles. The third-order valence-electron chi connectivity index (χ3n) is 5.18. The second kappa shape index (κ2) is 9.63. The largest absolute Gasteiger partial charge is 0.495 e. The number of carbonyl (C=O) groups excluding carboxylic acids is 1. The molecule has 3 aromatic rings. The third kappa shape index (κ3) is 4.89. The van der Waals surface area contributed by atoms with Gasteiger partial charge in [0.1, 0.15) is 5.75 Å². The molecule has 0 saturated carbocycles. The van der Waals surface area contributed by atoms with Crippen molar-refractivity contribution in [3.63, 3.8) is 0 Å². The second-order valence-electron chi connectivity index (χ2n) is 7.41. The van der Waals surface area contributed by atoms with Crippen molar-refractivity contribution < 1.29 is 17.9 Å². The summed E-state index contributed by atoms with van der Waals surface area (Å²) in [5.74, 6) is 0.155. The summed E-state index contributed by atoms with van der Waals surface area (Å²) < 4.78 is 33.1. The van der Waals surface area contributed by atoms with Gasteiger partial charge in [-0.15, -0.1) is 0 Å². The molecule has 32 heavy (non-hydrogen) atoms. The molecule has 6 nitrogen and oxygen atoms in total. The lowest BCUT2D eigenvalue weighted by Gasteiger charge is -2.23. The normalized spacial score (nSPS) is 11.2. The van der Waals surface area contributed by atoms with Crippen molar-refractivity contribution in [2.45, 2.75) is 18.4 Å². The molecule has 0 aliphatic rings. The van der Waals surface area contributed by atoms with Crippen LogP contribution >= 0.6 is 11.6 Å². The van der Waals surface area contributed by atoms with Gasteiger partial charge in [0.15, 0.2) is 0 Å². The van der Waals surface area contributed by atoms with Gasteiger partial charge in [0.2, 0.25) is 0 Å². The minimum atomic E-state index is -3.92. The summed E-state index contributed by atoms with van der Waals surface area (Å²) >= 11 is 6.04. The molecule has 0 unspecified atom stereocenters. The topological polar surface area (TPSA) is 66.9 Å². The lowest BCUT2D eigenvalue weighted by molar-refractivity contribution is 0.0784. The average Bonchev–Trinajstić information content (AvgIpc) is 2.78. The maximum Gasteiger partial charge on any atom is 0.264 e. The molecule has 3 aromatic carbocycles. The summed E-state index contributed by atoms with van der Waals surface area (Å²) in [5, 5.41) is 0.590. The van der Waals surface area contributed by atoms with Crippen LogP contribution < -0.4 is 9.04 Å². The first-order valence-corrected chi connectivity index (χ1v) is 11.7. The predicted molar refractivity (Wildman–Crippen MR) is 127 cm³/mol. The molecule has 0 heterocycles. The molecule has 0 fully saturated rings. The second-order valence-corrected chi connectivity index (χ2v) is 9.82. The van der Waals surface area contributed by atoms with Gasteiger partial charge >= 0.3 is 0 Å². The van der Waals surface area contributed by atoms with Gasteiger partial charge in [-0.3, -0.25) is 9.10 Å². The SMILES string of the molecule is COc1ccccc1N(C)S(=O)(=O)c1ccc(C)c(C(=O)N(C)Cc2cccc(Cl)c2)c1. The predicted octanol–water partition coefficient (Wildman–Crippen LogP) is 4.75. The minimum absolute atomic E-state index is 0.0241. The van der Waals surface area contributed by atoms with Crippen molar-refractivity contribution in [2.24, 2.45) is 0 Å². The molecule has 0 spiro atoms. The summed E-state index contributed by atoms with van der Waals surface area (Å²) in [4.78, 5) is 14.7. The number of hydrogen-bond acceptors (Lipinski definition) is 4. The molecule has 1 amide bonds. The first-order chi connectivity index (χ1) is 15.1. The van der Waals surface area contributed by atoms with Crippen molar-refractivity contribution in [1.82, 2.24) is 4.90 Å². The van der Waals surface area contributed by atoms with Crippen molar-refractivity contribution >= 4 is 33.2 Å². The van der Waals surface area contributed by atoms with E-state index in [4.69, 9.17) is 16.3 Å². The summed E-state index contributed by atoms with van der Waals surface area (Å²) in [6.45, 7) is 2.12. The van der Waals surface area contributed by atoms with Crippen LogP contribution in [0.1, 0.15) is 21.5 Å². The minimum Gasteiger partial charge on any atom is -0.495 e. The van der Waals surface area contributed by atoms with E-state index < -0.39 is 10.0 Å². The number of methoxy groups -OCH3 is 1. The molecule has 3 rings (SSSR count). The number of para-hydroxylation sites is 2. The van der Waals surface area contributed by atoms with E-state index in [0.29, 0.717) is 34.1 Å². The summed E-state index contributed by atoms with van der Waals surface area (Å²) in [6, 6.07) is 18.7. The number of anilines is 1. The van der Waals surface area contributed by atoms with Gasteiger partial charge in [0.05, 0.1) is 17.7 Å². The van der Waals surface area contributed by atoms with Crippen LogP contribution in [-0.2, 0) is 16.6 Å².